The van der Waals surface area contributed by atoms with Crippen LogP contribution in [0.1, 0.15) is 43.6 Å². The molecule has 1 N–H and O–H groups in total. The SMILES string of the molecule is O=C(C1CC1)N1CC2(C1)[C@H](c1ccccc1)[C@H](CO)N2C(=O)CC1CC1. The summed E-state index contributed by atoms with van der Waals surface area (Å²) in [7, 11) is 0. The maximum atomic E-state index is 13.0. The second-order valence-corrected chi connectivity index (χ2v) is 8.62. The molecule has 138 valence electrons. The summed E-state index contributed by atoms with van der Waals surface area (Å²) in [6.07, 6.45) is 4.90. The molecule has 2 atom stereocenters. The van der Waals surface area contributed by atoms with Gasteiger partial charge in [-0.15, -0.1) is 0 Å². The summed E-state index contributed by atoms with van der Waals surface area (Å²) < 4.78 is 0. The molecule has 4 aliphatic rings. The third-order valence-electron chi connectivity index (χ3n) is 6.72. The molecule has 0 radical (unpaired) electrons. The van der Waals surface area contributed by atoms with Gasteiger partial charge in [0.2, 0.25) is 11.8 Å². The Morgan fingerprint density at radius 3 is 2.35 bits per heavy atom. The predicted octanol–water partition coefficient (Wildman–Crippen LogP) is 1.76. The highest BCUT2D eigenvalue weighted by Gasteiger charge is 2.68. The van der Waals surface area contributed by atoms with Crippen molar-refractivity contribution in [3.8, 4) is 0 Å². The lowest BCUT2D eigenvalue weighted by molar-refractivity contribution is -0.203. The monoisotopic (exact) mass is 354 g/mol. The molecule has 1 aromatic rings. The molecule has 0 unspecified atom stereocenters. The van der Waals surface area contributed by atoms with Crippen LogP contribution in [0.4, 0.5) is 0 Å². The van der Waals surface area contributed by atoms with Gasteiger partial charge in [-0.2, -0.15) is 0 Å². The van der Waals surface area contributed by atoms with Gasteiger partial charge in [0, 0.05) is 31.3 Å². The zero-order valence-corrected chi connectivity index (χ0v) is 15.0. The van der Waals surface area contributed by atoms with Gasteiger partial charge in [0.05, 0.1) is 18.2 Å². The van der Waals surface area contributed by atoms with Gasteiger partial charge in [0.15, 0.2) is 0 Å². The molecule has 2 aliphatic carbocycles. The second kappa shape index (κ2) is 5.81. The van der Waals surface area contributed by atoms with E-state index in [0.29, 0.717) is 25.4 Å². The number of hydrogen-bond donors (Lipinski definition) is 1. The fraction of sp³-hybridized carbons (Fsp3) is 0.619. The van der Waals surface area contributed by atoms with E-state index in [4.69, 9.17) is 0 Å². The van der Waals surface area contributed by atoms with Crippen LogP contribution in [0.25, 0.3) is 0 Å². The third-order valence-corrected chi connectivity index (χ3v) is 6.72. The summed E-state index contributed by atoms with van der Waals surface area (Å²) in [6.45, 7) is 1.22. The van der Waals surface area contributed by atoms with Gasteiger partial charge in [-0.1, -0.05) is 30.3 Å². The largest absolute Gasteiger partial charge is 0.394 e. The van der Waals surface area contributed by atoms with E-state index in [-0.39, 0.29) is 41.8 Å². The van der Waals surface area contributed by atoms with Crippen LogP contribution in [-0.2, 0) is 9.59 Å². The highest BCUT2D eigenvalue weighted by atomic mass is 16.3. The zero-order valence-electron chi connectivity index (χ0n) is 15.0. The Balaban J connectivity index is 1.42. The first-order valence-corrected chi connectivity index (χ1v) is 9.91. The highest BCUT2D eigenvalue weighted by molar-refractivity contribution is 5.85. The number of aliphatic hydroxyl groups is 1. The average Bonchev–Trinajstić information content (AvgIpc) is 3.47. The van der Waals surface area contributed by atoms with Crippen molar-refractivity contribution in [3.05, 3.63) is 35.9 Å². The Kier molecular flexibility index (Phi) is 3.64. The molecule has 5 rings (SSSR count). The van der Waals surface area contributed by atoms with Crippen LogP contribution < -0.4 is 0 Å². The van der Waals surface area contributed by atoms with E-state index in [1.165, 1.54) is 5.56 Å². The molecule has 1 aromatic carbocycles. The van der Waals surface area contributed by atoms with E-state index < -0.39 is 0 Å². The van der Waals surface area contributed by atoms with E-state index in [0.717, 1.165) is 25.7 Å². The van der Waals surface area contributed by atoms with Crippen molar-refractivity contribution in [1.29, 1.82) is 0 Å². The van der Waals surface area contributed by atoms with E-state index in [2.05, 4.69) is 12.1 Å². The molecule has 2 saturated heterocycles. The summed E-state index contributed by atoms with van der Waals surface area (Å²) in [5.41, 5.74) is 0.853. The molecule has 26 heavy (non-hydrogen) atoms. The summed E-state index contributed by atoms with van der Waals surface area (Å²) in [6, 6.07) is 10.0. The fourth-order valence-corrected chi connectivity index (χ4v) is 5.09. The van der Waals surface area contributed by atoms with Crippen molar-refractivity contribution >= 4 is 11.8 Å². The lowest BCUT2D eigenvalue weighted by atomic mass is 9.60. The molecule has 5 heteroatoms. The lowest BCUT2D eigenvalue weighted by Crippen LogP contribution is -2.86. The molecular weight excluding hydrogens is 328 g/mol. The van der Waals surface area contributed by atoms with Gasteiger partial charge < -0.3 is 14.9 Å². The van der Waals surface area contributed by atoms with Crippen LogP contribution in [0, 0.1) is 11.8 Å². The number of nitrogens with zero attached hydrogens (tertiary/aromatic N) is 2. The van der Waals surface area contributed by atoms with Crippen molar-refractivity contribution in [2.75, 3.05) is 19.7 Å². The molecule has 0 aromatic heterocycles. The molecule has 1 spiro atoms. The van der Waals surface area contributed by atoms with Crippen LogP contribution in [0.15, 0.2) is 30.3 Å². The topological polar surface area (TPSA) is 60.9 Å². The van der Waals surface area contributed by atoms with Crippen LogP contribution >= 0.6 is 0 Å². The van der Waals surface area contributed by atoms with Gasteiger partial charge in [-0.3, -0.25) is 9.59 Å². The first-order valence-electron chi connectivity index (χ1n) is 9.91. The van der Waals surface area contributed by atoms with E-state index in [1.54, 1.807) is 0 Å². The standard InChI is InChI=1S/C21H26N2O3/c24-11-17-19(15-4-2-1-3-5-15)21(23(17)18(25)10-14-6-7-14)12-22(13-21)20(26)16-8-9-16/h1-5,14,16-17,19,24H,6-13H2/t17-,19+/m0/s1. The third kappa shape index (κ3) is 2.40. The Morgan fingerprint density at radius 2 is 1.77 bits per heavy atom. The van der Waals surface area contributed by atoms with Crippen LogP contribution in [0.5, 0.6) is 0 Å². The first kappa shape index (κ1) is 16.3. The van der Waals surface area contributed by atoms with Gasteiger partial charge in [0.25, 0.3) is 0 Å². The second-order valence-electron chi connectivity index (χ2n) is 8.62. The van der Waals surface area contributed by atoms with Gasteiger partial charge in [-0.25, -0.2) is 0 Å². The minimum Gasteiger partial charge on any atom is -0.394 e. The van der Waals surface area contributed by atoms with Crippen LogP contribution in [-0.4, -0.2) is 58.0 Å². The number of benzene rings is 1. The van der Waals surface area contributed by atoms with Crippen LogP contribution in [0.3, 0.4) is 0 Å². The molecule has 2 amide bonds. The highest BCUT2D eigenvalue weighted by Crippen LogP contribution is 2.55. The van der Waals surface area contributed by atoms with Crippen molar-refractivity contribution < 1.29 is 14.7 Å². The molecule has 5 nitrogen and oxygen atoms in total. The number of carbonyl (C=O) groups is 2. The Labute approximate surface area is 154 Å². The summed E-state index contributed by atoms with van der Waals surface area (Å²) in [5, 5.41) is 10.0. The predicted molar refractivity (Wildman–Crippen MR) is 96.3 cm³/mol. The minimum atomic E-state index is -0.314. The first-order chi connectivity index (χ1) is 12.6. The average molecular weight is 354 g/mol. The molecular formula is C21H26N2O3. The summed E-state index contributed by atoms with van der Waals surface area (Å²) >= 11 is 0. The Bertz CT molecular complexity index is 720. The minimum absolute atomic E-state index is 0.0196. The molecule has 4 fully saturated rings. The van der Waals surface area contributed by atoms with Crippen molar-refractivity contribution in [2.45, 2.75) is 49.6 Å². The zero-order chi connectivity index (χ0) is 17.9. The summed E-state index contributed by atoms with van der Waals surface area (Å²) in [4.78, 5) is 29.3. The maximum absolute atomic E-state index is 13.0. The van der Waals surface area contributed by atoms with Crippen LogP contribution in [0.2, 0.25) is 0 Å². The number of likely N-dealkylation sites (tertiary alicyclic amines) is 2. The van der Waals surface area contributed by atoms with Crippen molar-refractivity contribution in [1.82, 2.24) is 9.80 Å². The number of amides is 2. The summed E-state index contributed by atoms with van der Waals surface area (Å²) in [5.74, 6) is 1.27. The van der Waals surface area contributed by atoms with E-state index in [9.17, 15) is 14.7 Å². The number of rotatable bonds is 5. The normalized spacial score (nSPS) is 29.3. The molecule has 0 bridgehead atoms. The number of carbonyl (C=O) groups excluding carboxylic acids is 2. The lowest BCUT2D eigenvalue weighted by Gasteiger charge is -2.70. The number of aliphatic hydroxyl groups excluding tert-OH is 1. The van der Waals surface area contributed by atoms with Gasteiger partial charge >= 0.3 is 0 Å². The number of hydrogen-bond acceptors (Lipinski definition) is 3. The molecule has 2 aliphatic heterocycles. The van der Waals surface area contributed by atoms with E-state index >= 15 is 0 Å². The fourth-order valence-electron chi connectivity index (χ4n) is 5.09. The molecule has 2 heterocycles. The van der Waals surface area contributed by atoms with E-state index in [1.807, 2.05) is 28.0 Å². The van der Waals surface area contributed by atoms with Gasteiger partial charge in [-0.05, 0) is 37.2 Å². The quantitative estimate of drug-likeness (QED) is 0.877. The smallest absolute Gasteiger partial charge is 0.225 e. The van der Waals surface area contributed by atoms with Crippen molar-refractivity contribution in [2.24, 2.45) is 11.8 Å². The Hall–Kier alpha value is -1.88. The molecule has 2 saturated carbocycles. The Morgan fingerprint density at radius 1 is 1.08 bits per heavy atom. The van der Waals surface area contributed by atoms with Crippen molar-refractivity contribution in [3.63, 3.8) is 0 Å². The maximum Gasteiger partial charge on any atom is 0.225 e. The van der Waals surface area contributed by atoms with Gasteiger partial charge in [0.1, 0.15) is 0 Å².